The van der Waals surface area contributed by atoms with Crippen molar-refractivity contribution in [3.63, 3.8) is 0 Å². The van der Waals surface area contributed by atoms with Gasteiger partial charge in [-0.2, -0.15) is 11.8 Å². The van der Waals surface area contributed by atoms with Crippen molar-refractivity contribution >= 4 is 23.6 Å². The molecule has 2 N–H and O–H groups in total. The summed E-state index contributed by atoms with van der Waals surface area (Å²) in [5, 5.41) is 6.68. The predicted octanol–water partition coefficient (Wildman–Crippen LogP) is 2.41. The molecule has 0 aliphatic carbocycles. The second-order valence-corrected chi connectivity index (χ2v) is 8.97. The van der Waals surface area contributed by atoms with E-state index in [0.29, 0.717) is 6.54 Å². The fourth-order valence-corrected chi connectivity index (χ4v) is 4.79. The maximum Gasteiger partial charge on any atom is 0.244 e. The Balaban J connectivity index is 1.54. The van der Waals surface area contributed by atoms with E-state index in [2.05, 4.69) is 40.7 Å². The minimum Gasteiger partial charge on any atom is -0.357 e. The molecular formula is C20H30N4OS. The first-order valence-electron chi connectivity index (χ1n) is 9.60. The van der Waals surface area contributed by atoms with Gasteiger partial charge in [0, 0.05) is 30.9 Å². The Morgan fingerprint density at radius 1 is 1.31 bits per heavy atom. The van der Waals surface area contributed by atoms with Crippen molar-refractivity contribution in [2.75, 3.05) is 31.9 Å². The maximum absolute atomic E-state index is 12.6. The van der Waals surface area contributed by atoms with Gasteiger partial charge in [0.1, 0.15) is 6.54 Å². The van der Waals surface area contributed by atoms with Crippen LogP contribution in [0.5, 0.6) is 0 Å². The third-order valence-corrected chi connectivity index (χ3v) is 6.67. The van der Waals surface area contributed by atoms with E-state index in [1.165, 1.54) is 29.7 Å². The lowest BCUT2D eigenvalue weighted by Gasteiger charge is -2.28. The number of nitrogens with one attached hydrogen (secondary N) is 2. The molecule has 0 aromatic heterocycles. The van der Waals surface area contributed by atoms with Crippen LogP contribution in [-0.2, 0) is 17.8 Å². The van der Waals surface area contributed by atoms with Gasteiger partial charge in [-0.3, -0.25) is 4.79 Å². The summed E-state index contributed by atoms with van der Waals surface area (Å²) in [6.45, 7) is 7.70. The first kappa shape index (κ1) is 19.1. The summed E-state index contributed by atoms with van der Waals surface area (Å²) < 4.78 is 0.275. The summed E-state index contributed by atoms with van der Waals surface area (Å²) in [7, 11) is 0. The molecule has 2 heterocycles. The lowest BCUT2D eigenvalue weighted by Crippen LogP contribution is -2.44. The molecule has 5 nitrogen and oxygen atoms in total. The van der Waals surface area contributed by atoms with E-state index in [1.807, 2.05) is 29.7 Å². The summed E-state index contributed by atoms with van der Waals surface area (Å²) in [5.41, 5.74) is 2.62. The number of benzene rings is 1. The van der Waals surface area contributed by atoms with E-state index < -0.39 is 0 Å². The highest BCUT2D eigenvalue weighted by Gasteiger charge is 2.29. The standard InChI is InChI=1S/C20H30N4OS/c1-3-21-19(23-15-20(2)10-6-12-26-20)22-13-18(25)24-11-9-16-7-4-5-8-17(16)14-24/h4-5,7-8H,3,6,9-15H2,1-2H3,(H2,21,22,23). The van der Waals surface area contributed by atoms with E-state index in [1.54, 1.807) is 0 Å². The van der Waals surface area contributed by atoms with Crippen LogP contribution in [0.2, 0.25) is 0 Å². The smallest absolute Gasteiger partial charge is 0.244 e. The number of carbonyl (C=O) groups excluding carboxylic acids is 1. The normalized spacial score (nSPS) is 22.8. The van der Waals surface area contributed by atoms with Crippen LogP contribution >= 0.6 is 11.8 Å². The Morgan fingerprint density at radius 3 is 2.85 bits per heavy atom. The summed E-state index contributed by atoms with van der Waals surface area (Å²) in [6.07, 6.45) is 3.45. The first-order chi connectivity index (χ1) is 12.6. The third-order valence-electron chi connectivity index (χ3n) is 5.13. The van der Waals surface area contributed by atoms with Crippen LogP contribution in [0.1, 0.15) is 37.8 Å². The highest BCUT2D eigenvalue weighted by Crippen LogP contribution is 2.36. The fraction of sp³-hybridized carbons (Fsp3) is 0.600. The molecule has 0 spiro atoms. The molecule has 1 aromatic rings. The summed E-state index contributed by atoms with van der Waals surface area (Å²) in [5.74, 6) is 2.07. The van der Waals surface area contributed by atoms with Gasteiger partial charge < -0.3 is 15.5 Å². The van der Waals surface area contributed by atoms with Gasteiger partial charge in [0.2, 0.25) is 5.91 Å². The lowest BCUT2D eigenvalue weighted by atomic mass is 10.00. The number of rotatable bonds is 5. The molecule has 3 rings (SSSR count). The Bertz CT molecular complexity index is 655. The number of thioether (sulfide) groups is 1. The summed E-state index contributed by atoms with van der Waals surface area (Å²) in [6, 6.07) is 8.38. The molecular weight excluding hydrogens is 344 g/mol. The van der Waals surface area contributed by atoms with Gasteiger partial charge in [0.25, 0.3) is 0 Å². The number of hydrogen-bond acceptors (Lipinski definition) is 3. The number of carbonyl (C=O) groups is 1. The number of nitrogens with zero attached hydrogens (tertiary/aromatic N) is 2. The Kier molecular flexibility index (Phi) is 6.46. The molecule has 0 bridgehead atoms. The maximum atomic E-state index is 12.6. The molecule has 1 saturated heterocycles. The number of fused-ring (bicyclic) bond motifs is 1. The lowest BCUT2D eigenvalue weighted by molar-refractivity contribution is -0.130. The predicted molar refractivity (Wildman–Crippen MR) is 110 cm³/mol. The van der Waals surface area contributed by atoms with E-state index in [9.17, 15) is 4.79 Å². The fourth-order valence-electron chi connectivity index (χ4n) is 3.54. The summed E-state index contributed by atoms with van der Waals surface area (Å²) >= 11 is 2.02. The average molecular weight is 375 g/mol. The summed E-state index contributed by atoms with van der Waals surface area (Å²) in [4.78, 5) is 19.1. The van der Waals surface area contributed by atoms with Crippen LogP contribution in [0, 0.1) is 0 Å². The third kappa shape index (κ3) is 4.93. The van der Waals surface area contributed by atoms with Gasteiger partial charge in [0.15, 0.2) is 5.96 Å². The zero-order chi connectivity index (χ0) is 18.4. The van der Waals surface area contributed by atoms with Crippen LogP contribution < -0.4 is 10.6 Å². The molecule has 0 saturated carbocycles. The Hall–Kier alpha value is -1.69. The van der Waals surface area contributed by atoms with E-state index in [4.69, 9.17) is 0 Å². The molecule has 2 aliphatic rings. The van der Waals surface area contributed by atoms with Gasteiger partial charge >= 0.3 is 0 Å². The first-order valence-corrected chi connectivity index (χ1v) is 10.6. The van der Waals surface area contributed by atoms with Gasteiger partial charge in [0.05, 0.1) is 0 Å². The molecule has 142 valence electrons. The Labute approximate surface area is 161 Å². The minimum atomic E-state index is 0.0955. The van der Waals surface area contributed by atoms with Gasteiger partial charge in [-0.15, -0.1) is 0 Å². The zero-order valence-electron chi connectivity index (χ0n) is 15.9. The SMILES string of the molecule is CCNC(=NCC(=O)N1CCc2ccccc2C1)NCC1(C)CCCS1. The van der Waals surface area contributed by atoms with Crippen LogP contribution in [0.3, 0.4) is 0 Å². The van der Waals surface area contributed by atoms with Crippen molar-refractivity contribution in [1.82, 2.24) is 15.5 Å². The molecule has 26 heavy (non-hydrogen) atoms. The Morgan fingerprint density at radius 2 is 2.12 bits per heavy atom. The molecule has 1 atom stereocenters. The zero-order valence-corrected chi connectivity index (χ0v) is 16.7. The van der Waals surface area contributed by atoms with Gasteiger partial charge in [-0.1, -0.05) is 24.3 Å². The second kappa shape index (κ2) is 8.80. The molecule has 1 aromatic carbocycles. The molecule has 1 unspecified atom stereocenters. The van der Waals surface area contributed by atoms with Crippen molar-refractivity contribution in [2.45, 2.75) is 44.4 Å². The van der Waals surface area contributed by atoms with Crippen LogP contribution in [0.25, 0.3) is 0 Å². The number of hydrogen-bond donors (Lipinski definition) is 2. The van der Waals surface area contributed by atoms with Crippen molar-refractivity contribution < 1.29 is 4.79 Å². The van der Waals surface area contributed by atoms with E-state index >= 15 is 0 Å². The molecule has 2 aliphatic heterocycles. The largest absolute Gasteiger partial charge is 0.357 e. The van der Waals surface area contributed by atoms with Gasteiger partial charge in [-0.25, -0.2) is 4.99 Å². The minimum absolute atomic E-state index is 0.0955. The second-order valence-electron chi connectivity index (χ2n) is 7.28. The number of amides is 1. The van der Waals surface area contributed by atoms with E-state index in [0.717, 1.165) is 32.0 Å². The van der Waals surface area contributed by atoms with Crippen molar-refractivity contribution in [3.05, 3.63) is 35.4 Å². The van der Waals surface area contributed by atoms with E-state index in [-0.39, 0.29) is 17.2 Å². The van der Waals surface area contributed by atoms with Gasteiger partial charge in [-0.05, 0) is 50.0 Å². The number of aliphatic imine (C=N–C) groups is 1. The van der Waals surface area contributed by atoms with Crippen LogP contribution in [0.4, 0.5) is 0 Å². The highest BCUT2D eigenvalue weighted by atomic mass is 32.2. The highest BCUT2D eigenvalue weighted by molar-refractivity contribution is 8.00. The van der Waals surface area contributed by atoms with Crippen LogP contribution in [-0.4, -0.2) is 53.4 Å². The quantitative estimate of drug-likeness (QED) is 0.614. The van der Waals surface area contributed by atoms with Crippen molar-refractivity contribution in [1.29, 1.82) is 0 Å². The molecule has 6 heteroatoms. The molecule has 1 fully saturated rings. The van der Waals surface area contributed by atoms with Crippen molar-refractivity contribution in [2.24, 2.45) is 4.99 Å². The number of guanidine groups is 1. The topological polar surface area (TPSA) is 56.7 Å². The molecule has 1 amide bonds. The van der Waals surface area contributed by atoms with Crippen LogP contribution in [0.15, 0.2) is 29.3 Å². The van der Waals surface area contributed by atoms with Crippen molar-refractivity contribution in [3.8, 4) is 0 Å². The monoisotopic (exact) mass is 374 g/mol. The average Bonchev–Trinajstić information content (AvgIpc) is 3.10. The molecule has 0 radical (unpaired) electrons.